The Morgan fingerprint density at radius 2 is 2.11 bits per heavy atom. The first-order valence-corrected chi connectivity index (χ1v) is 7.43. The second-order valence-electron chi connectivity index (χ2n) is 5.16. The molecule has 0 atom stereocenters. The Morgan fingerprint density at radius 1 is 1.44 bits per heavy atom. The number of hydrogen-bond donors (Lipinski definition) is 1. The average molecular weight is 333 g/mol. The molecule has 18 heavy (non-hydrogen) atoms. The predicted molar refractivity (Wildman–Crippen MR) is 80.3 cm³/mol. The standard InChI is InChI=1S/C13H19BrClN3/c1-18(2)13(5-3-4-6-13)9-17-12-11(14)7-10(15)8-16-12/h7-8H,3-6,9H2,1-2H3,(H,16,17). The summed E-state index contributed by atoms with van der Waals surface area (Å²) in [6, 6.07) is 1.87. The molecule has 0 spiro atoms. The molecule has 100 valence electrons. The van der Waals surface area contributed by atoms with Crippen LogP contribution in [0.4, 0.5) is 5.82 Å². The van der Waals surface area contributed by atoms with Gasteiger partial charge in [-0.3, -0.25) is 0 Å². The Kier molecular flexibility index (Phi) is 4.51. The van der Waals surface area contributed by atoms with Crippen molar-refractivity contribution in [2.24, 2.45) is 0 Å². The van der Waals surface area contributed by atoms with Crippen molar-refractivity contribution < 1.29 is 0 Å². The molecule has 0 aromatic carbocycles. The minimum absolute atomic E-state index is 0.265. The molecule has 5 heteroatoms. The quantitative estimate of drug-likeness (QED) is 0.909. The van der Waals surface area contributed by atoms with Gasteiger partial charge in [0, 0.05) is 18.3 Å². The Bertz CT molecular complexity index is 417. The van der Waals surface area contributed by atoms with Gasteiger partial charge in [0.25, 0.3) is 0 Å². The van der Waals surface area contributed by atoms with E-state index in [4.69, 9.17) is 11.6 Å². The maximum atomic E-state index is 5.89. The Hall–Kier alpha value is -0.320. The van der Waals surface area contributed by atoms with E-state index in [-0.39, 0.29) is 5.54 Å². The van der Waals surface area contributed by atoms with E-state index in [1.54, 1.807) is 6.20 Å². The Balaban J connectivity index is 2.06. The molecule has 1 aromatic heterocycles. The Labute approximate surface area is 122 Å². The van der Waals surface area contributed by atoms with Gasteiger partial charge < -0.3 is 10.2 Å². The molecule has 1 aliphatic carbocycles. The summed E-state index contributed by atoms with van der Waals surface area (Å²) in [5.41, 5.74) is 0.265. The van der Waals surface area contributed by atoms with Crippen molar-refractivity contribution in [2.75, 3.05) is 26.0 Å². The molecule has 0 saturated heterocycles. The highest BCUT2D eigenvalue weighted by Gasteiger charge is 2.35. The lowest BCUT2D eigenvalue weighted by Crippen LogP contribution is -2.47. The number of aromatic nitrogens is 1. The summed E-state index contributed by atoms with van der Waals surface area (Å²) in [6.45, 7) is 0.924. The molecular formula is C13H19BrClN3. The molecule has 0 amide bonds. The van der Waals surface area contributed by atoms with Crippen molar-refractivity contribution in [1.82, 2.24) is 9.88 Å². The highest BCUT2D eigenvalue weighted by molar-refractivity contribution is 9.10. The lowest BCUT2D eigenvalue weighted by atomic mass is 9.96. The molecule has 1 N–H and O–H groups in total. The number of halogens is 2. The van der Waals surface area contributed by atoms with Gasteiger partial charge in [0.05, 0.1) is 9.50 Å². The van der Waals surface area contributed by atoms with Crippen LogP contribution >= 0.6 is 27.5 Å². The molecule has 3 nitrogen and oxygen atoms in total. The number of likely N-dealkylation sites (N-methyl/N-ethyl adjacent to an activating group) is 1. The summed E-state index contributed by atoms with van der Waals surface area (Å²) in [7, 11) is 4.33. The van der Waals surface area contributed by atoms with Gasteiger partial charge in [-0.1, -0.05) is 24.4 Å². The van der Waals surface area contributed by atoms with Crippen molar-refractivity contribution in [1.29, 1.82) is 0 Å². The molecule has 0 radical (unpaired) electrons. The van der Waals surface area contributed by atoms with Gasteiger partial charge in [-0.05, 0) is 48.9 Å². The van der Waals surface area contributed by atoms with Crippen molar-refractivity contribution in [3.8, 4) is 0 Å². The number of rotatable bonds is 4. The summed E-state index contributed by atoms with van der Waals surface area (Å²) in [4.78, 5) is 6.66. The maximum Gasteiger partial charge on any atom is 0.140 e. The highest BCUT2D eigenvalue weighted by atomic mass is 79.9. The second-order valence-corrected chi connectivity index (χ2v) is 6.45. The summed E-state index contributed by atoms with van der Waals surface area (Å²) in [6.07, 6.45) is 6.80. The normalized spacial score (nSPS) is 18.3. The van der Waals surface area contributed by atoms with Crippen molar-refractivity contribution in [2.45, 2.75) is 31.2 Å². The van der Waals surface area contributed by atoms with Crippen LogP contribution in [0.3, 0.4) is 0 Å². The average Bonchev–Trinajstić information content (AvgIpc) is 2.78. The topological polar surface area (TPSA) is 28.2 Å². The van der Waals surface area contributed by atoms with Crippen LogP contribution in [0.5, 0.6) is 0 Å². The van der Waals surface area contributed by atoms with Gasteiger partial charge in [0.1, 0.15) is 5.82 Å². The molecule has 0 unspecified atom stereocenters. The van der Waals surface area contributed by atoms with Gasteiger partial charge in [-0.15, -0.1) is 0 Å². The zero-order valence-electron chi connectivity index (χ0n) is 10.8. The number of hydrogen-bond acceptors (Lipinski definition) is 3. The van der Waals surface area contributed by atoms with E-state index >= 15 is 0 Å². The minimum atomic E-state index is 0.265. The van der Waals surface area contributed by atoms with Gasteiger partial charge in [0.2, 0.25) is 0 Å². The molecule has 0 bridgehead atoms. The van der Waals surface area contributed by atoms with E-state index in [0.29, 0.717) is 5.02 Å². The highest BCUT2D eigenvalue weighted by Crippen LogP contribution is 2.34. The first kappa shape index (κ1) is 14.1. The zero-order chi connectivity index (χ0) is 13.2. The van der Waals surface area contributed by atoms with Crippen LogP contribution in [-0.2, 0) is 0 Å². The third-order valence-electron chi connectivity index (χ3n) is 3.88. The smallest absolute Gasteiger partial charge is 0.140 e. The molecule has 1 aromatic rings. The van der Waals surface area contributed by atoms with E-state index in [2.05, 4.69) is 45.2 Å². The van der Waals surface area contributed by atoms with E-state index in [1.165, 1.54) is 25.7 Å². The summed E-state index contributed by atoms with van der Waals surface area (Å²) >= 11 is 9.38. The van der Waals surface area contributed by atoms with Crippen LogP contribution in [0, 0.1) is 0 Å². The third-order valence-corrected chi connectivity index (χ3v) is 4.69. The van der Waals surface area contributed by atoms with E-state index in [1.807, 2.05) is 6.07 Å². The van der Waals surface area contributed by atoms with Gasteiger partial charge in [-0.2, -0.15) is 0 Å². The summed E-state index contributed by atoms with van der Waals surface area (Å²) in [5.74, 6) is 0.868. The maximum absolute atomic E-state index is 5.89. The van der Waals surface area contributed by atoms with Crippen LogP contribution in [0.2, 0.25) is 5.02 Å². The summed E-state index contributed by atoms with van der Waals surface area (Å²) < 4.78 is 0.918. The monoisotopic (exact) mass is 331 g/mol. The van der Waals surface area contributed by atoms with Crippen molar-refractivity contribution >= 4 is 33.3 Å². The Morgan fingerprint density at radius 3 is 2.67 bits per heavy atom. The number of anilines is 1. The fraction of sp³-hybridized carbons (Fsp3) is 0.615. The van der Waals surface area contributed by atoms with Crippen LogP contribution in [0.15, 0.2) is 16.7 Å². The van der Waals surface area contributed by atoms with Gasteiger partial charge >= 0.3 is 0 Å². The summed E-state index contributed by atoms with van der Waals surface area (Å²) in [5, 5.41) is 4.09. The molecular weight excluding hydrogens is 314 g/mol. The first-order valence-electron chi connectivity index (χ1n) is 6.26. The largest absolute Gasteiger partial charge is 0.367 e. The molecule has 1 saturated carbocycles. The van der Waals surface area contributed by atoms with Crippen LogP contribution < -0.4 is 5.32 Å². The lowest BCUT2D eigenvalue weighted by molar-refractivity contribution is 0.172. The second kappa shape index (κ2) is 5.76. The van der Waals surface area contributed by atoms with Crippen LogP contribution in [0.25, 0.3) is 0 Å². The van der Waals surface area contributed by atoms with E-state index < -0.39 is 0 Å². The van der Waals surface area contributed by atoms with E-state index in [9.17, 15) is 0 Å². The van der Waals surface area contributed by atoms with Gasteiger partial charge in [0.15, 0.2) is 0 Å². The van der Waals surface area contributed by atoms with E-state index in [0.717, 1.165) is 16.8 Å². The lowest BCUT2D eigenvalue weighted by Gasteiger charge is -2.36. The molecule has 2 rings (SSSR count). The number of nitrogens with zero attached hydrogens (tertiary/aromatic N) is 2. The van der Waals surface area contributed by atoms with Gasteiger partial charge in [-0.25, -0.2) is 4.98 Å². The fourth-order valence-corrected chi connectivity index (χ4v) is 3.39. The molecule has 1 aliphatic rings. The molecule has 1 fully saturated rings. The van der Waals surface area contributed by atoms with Crippen LogP contribution in [0.1, 0.15) is 25.7 Å². The van der Waals surface area contributed by atoms with Crippen molar-refractivity contribution in [3.63, 3.8) is 0 Å². The fourth-order valence-electron chi connectivity index (χ4n) is 2.61. The van der Waals surface area contributed by atoms with Crippen LogP contribution in [-0.4, -0.2) is 36.1 Å². The third kappa shape index (κ3) is 2.98. The van der Waals surface area contributed by atoms with Crippen molar-refractivity contribution in [3.05, 3.63) is 21.8 Å². The predicted octanol–water partition coefficient (Wildman–Crippen LogP) is 3.78. The SMILES string of the molecule is CN(C)C1(CNc2ncc(Cl)cc2Br)CCCC1. The minimum Gasteiger partial charge on any atom is -0.367 e. The molecule has 0 aliphatic heterocycles. The first-order chi connectivity index (χ1) is 8.53. The zero-order valence-corrected chi connectivity index (χ0v) is 13.2. The molecule has 1 heterocycles. The number of pyridine rings is 1. The number of nitrogens with one attached hydrogen (secondary N) is 1.